The molecule has 1 aliphatic rings. The molecule has 0 saturated carbocycles. The topological polar surface area (TPSA) is 49.3 Å². The van der Waals surface area contributed by atoms with Gasteiger partial charge in [-0.2, -0.15) is 0 Å². The maximum Gasteiger partial charge on any atom is 0.278 e. The highest BCUT2D eigenvalue weighted by Crippen LogP contribution is 2.32. The molecule has 1 aromatic carbocycles. The number of nitrogens with zero attached hydrogens (tertiary/aromatic N) is 4. The van der Waals surface area contributed by atoms with Gasteiger partial charge in [-0.3, -0.25) is 4.79 Å². The van der Waals surface area contributed by atoms with E-state index in [0.29, 0.717) is 5.69 Å². The lowest BCUT2D eigenvalue weighted by Gasteiger charge is -2.22. The van der Waals surface area contributed by atoms with Crippen molar-refractivity contribution in [1.29, 1.82) is 0 Å². The Morgan fingerprint density at radius 3 is 2.79 bits per heavy atom. The molecule has 2 aromatic rings. The lowest BCUT2D eigenvalue weighted by molar-refractivity contribution is 0.0976. The van der Waals surface area contributed by atoms with Crippen LogP contribution in [0.4, 0.5) is 11.5 Å². The smallest absolute Gasteiger partial charge is 0.278 e. The van der Waals surface area contributed by atoms with Crippen LogP contribution in [0.3, 0.4) is 0 Å². The molecule has 1 unspecified atom stereocenters. The average molecular weight is 324 g/mol. The van der Waals surface area contributed by atoms with Gasteiger partial charge in [-0.15, -0.1) is 0 Å². The summed E-state index contributed by atoms with van der Waals surface area (Å²) >= 11 is 0. The largest absolute Gasteiger partial charge is 0.358 e. The second kappa shape index (κ2) is 6.99. The Morgan fingerprint density at radius 2 is 2.08 bits per heavy atom. The first-order valence-corrected chi connectivity index (χ1v) is 8.56. The molecule has 24 heavy (non-hydrogen) atoms. The van der Waals surface area contributed by atoms with Crippen molar-refractivity contribution in [1.82, 2.24) is 9.97 Å². The van der Waals surface area contributed by atoms with Gasteiger partial charge < -0.3 is 9.80 Å². The molecular formula is C19H24N4O. The van der Waals surface area contributed by atoms with Crippen LogP contribution in [-0.2, 0) is 6.42 Å². The Hall–Kier alpha value is -2.43. The SMILES string of the molecule is CCCCN(C)c1cnc(C(=O)N2c3ccccc3CC2C)cn1. The van der Waals surface area contributed by atoms with E-state index in [0.717, 1.165) is 37.3 Å². The van der Waals surface area contributed by atoms with Crippen LogP contribution in [0.15, 0.2) is 36.7 Å². The molecule has 0 aliphatic carbocycles. The predicted octanol–water partition coefficient (Wildman–Crippen LogP) is 3.30. The minimum absolute atomic E-state index is 0.0808. The van der Waals surface area contributed by atoms with E-state index < -0.39 is 0 Å². The first-order valence-electron chi connectivity index (χ1n) is 8.56. The third kappa shape index (κ3) is 3.11. The van der Waals surface area contributed by atoms with E-state index in [1.807, 2.05) is 30.1 Å². The van der Waals surface area contributed by atoms with Gasteiger partial charge in [-0.25, -0.2) is 9.97 Å². The first kappa shape index (κ1) is 16.4. The number of amides is 1. The minimum atomic E-state index is -0.0808. The van der Waals surface area contributed by atoms with E-state index in [1.54, 1.807) is 12.4 Å². The third-order valence-corrected chi connectivity index (χ3v) is 4.52. The van der Waals surface area contributed by atoms with Gasteiger partial charge in [0.1, 0.15) is 11.5 Å². The van der Waals surface area contributed by atoms with Crippen molar-refractivity contribution in [3.05, 3.63) is 47.9 Å². The second-order valence-corrected chi connectivity index (χ2v) is 6.39. The Morgan fingerprint density at radius 1 is 1.29 bits per heavy atom. The summed E-state index contributed by atoms with van der Waals surface area (Å²) < 4.78 is 0. The van der Waals surface area contributed by atoms with Gasteiger partial charge in [-0.1, -0.05) is 31.5 Å². The summed E-state index contributed by atoms with van der Waals surface area (Å²) in [5.74, 6) is 0.720. The molecule has 126 valence electrons. The standard InChI is InChI=1S/C19H24N4O/c1-4-5-10-22(3)18-13-20-16(12-21-18)19(24)23-14(2)11-15-8-6-7-9-17(15)23/h6-9,12-14H,4-5,10-11H2,1-3H3. The van der Waals surface area contributed by atoms with Crippen molar-refractivity contribution in [2.24, 2.45) is 0 Å². The molecule has 0 bridgehead atoms. The third-order valence-electron chi connectivity index (χ3n) is 4.52. The highest BCUT2D eigenvalue weighted by atomic mass is 16.2. The van der Waals surface area contributed by atoms with Crippen LogP contribution in [0.2, 0.25) is 0 Å². The molecule has 0 fully saturated rings. The van der Waals surface area contributed by atoms with E-state index in [9.17, 15) is 4.79 Å². The quantitative estimate of drug-likeness (QED) is 0.847. The fraction of sp³-hybridized carbons (Fsp3) is 0.421. The number of hydrogen-bond donors (Lipinski definition) is 0. The summed E-state index contributed by atoms with van der Waals surface area (Å²) in [5.41, 5.74) is 2.59. The minimum Gasteiger partial charge on any atom is -0.358 e. The Labute approximate surface area is 143 Å². The van der Waals surface area contributed by atoms with E-state index in [2.05, 4.69) is 34.8 Å². The van der Waals surface area contributed by atoms with Gasteiger partial charge >= 0.3 is 0 Å². The molecule has 0 radical (unpaired) electrons. The fourth-order valence-electron chi connectivity index (χ4n) is 3.14. The van der Waals surface area contributed by atoms with Crippen molar-refractivity contribution in [2.45, 2.75) is 39.2 Å². The van der Waals surface area contributed by atoms with Crippen molar-refractivity contribution < 1.29 is 4.79 Å². The van der Waals surface area contributed by atoms with Crippen LogP contribution in [-0.4, -0.2) is 35.5 Å². The van der Waals surface area contributed by atoms with Gasteiger partial charge in [0.25, 0.3) is 5.91 Å². The number of aromatic nitrogens is 2. The summed E-state index contributed by atoms with van der Waals surface area (Å²) in [6, 6.07) is 8.20. The predicted molar refractivity (Wildman–Crippen MR) is 96.6 cm³/mol. The zero-order valence-electron chi connectivity index (χ0n) is 14.6. The molecule has 0 spiro atoms. The van der Waals surface area contributed by atoms with Crippen molar-refractivity contribution in [3.63, 3.8) is 0 Å². The second-order valence-electron chi connectivity index (χ2n) is 6.39. The fourth-order valence-corrected chi connectivity index (χ4v) is 3.14. The number of para-hydroxylation sites is 1. The molecule has 1 atom stereocenters. The van der Waals surface area contributed by atoms with Gasteiger partial charge in [0.2, 0.25) is 0 Å². The monoisotopic (exact) mass is 324 g/mol. The van der Waals surface area contributed by atoms with Crippen LogP contribution in [0.5, 0.6) is 0 Å². The van der Waals surface area contributed by atoms with Crippen molar-refractivity contribution >= 4 is 17.4 Å². The summed E-state index contributed by atoms with van der Waals surface area (Å²) in [6.45, 7) is 5.17. The normalized spacial score (nSPS) is 16.1. The number of carbonyl (C=O) groups is 1. The molecule has 2 heterocycles. The number of fused-ring (bicyclic) bond motifs is 1. The lowest BCUT2D eigenvalue weighted by atomic mass is 10.1. The number of rotatable bonds is 5. The van der Waals surface area contributed by atoms with E-state index in [4.69, 9.17) is 0 Å². The van der Waals surface area contributed by atoms with Crippen LogP contribution in [0, 0.1) is 0 Å². The van der Waals surface area contributed by atoms with Crippen LogP contribution < -0.4 is 9.80 Å². The lowest BCUT2D eigenvalue weighted by Crippen LogP contribution is -2.36. The molecule has 3 rings (SSSR count). The zero-order chi connectivity index (χ0) is 17.1. The highest BCUT2D eigenvalue weighted by Gasteiger charge is 2.31. The Bertz CT molecular complexity index is 714. The number of unbranched alkanes of at least 4 members (excludes halogenated alkanes) is 1. The summed E-state index contributed by atoms with van der Waals surface area (Å²) in [5, 5.41) is 0. The molecule has 1 aromatic heterocycles. The number of benzene rings is 1. The molecule has 0 N–H and O–H groups in total. The summed E-state index contributed by atoms with van der Waals surface area (Å²) in [4.78, 5) is 25.6. The zero-order valence-corrected chi connectivity index (χ0v) is 14.6. The average Bonchev–Trinajstić information content (AvgIpc) is 2.95. The Balaban J connectivity index is 1.78. The van der Waals surface area contributed by atoms with Gasteiger partial charge in [0, 0.05) is 25.3 Å². The highest BCUT2D eigenvalue weighted by molar-refractivity contribution is 6.06. The first-order chi connectivity index (χ1) is 11.6. The molecular weight excluding hydrogens is 300 g/mol. The van der Waals surface area contributed by atoms with Gasteiger partial charge in [0.05, 0.1) is 12.4 Å². The van der Waals surface area contributed by atoms with Crippen LogP contribution in [0.1, 0.15) is 42.7 Å². The van der Waals surface area contributed by atoms with E-state index in [1.165, 1.54) is 5.56 Å². The molecule has 1 aliphatic heterocycles. The van der Waals surface area contributed by atoms with E-state index >= 15 is 0 Å². The number of hydrogen-bond acceptors (Lipinski definition) is 4. The maximum absolute atomic E-state index is 12.9. The van der Waals surface area contributed by atoms with E-state index in [-0.39, 0.29) is 11.9 Å². The van der Waals surface area contributed by atoms with Crippen molar-refractivity contribution in [2.75, 3.05) is 23.4 Å². The van der Waals surface area contributed by atoms with Crippen LogP contribution in [0.25, 0.3) is 0 Å². The molecule has 0 saturated heterocycles. The van der Waals surface area contributed by atoms with Crippen LogP contribution >= 0.6 is 0 Å². The molecule has 1 amide bonds. The molecule has 5 heteroatoms. The van der Waals surface area contributed by atoms with Gasteiger partial charge in [0.15, 0.2) is 0 Å². The maximum atomic E-state index is 12.9. The Kier molecular flexibility index (Phi) is 4.79. The van der Waals surface area contributed by atoms with Gasteiger partial charge in [-0.05, 0) is 31.4 Å². The molecule has 5 nitrogen and oxygen atoms in total. The number of anilines is 2. The summed E-state index contributed by atoms with van der Waals surface area (Å²) in [7, 11) is 2.00. The summed E-state index contributed by atoms with van der Waals surface area (Å²) in [6.07, 6.45) is 6.41. The van der Waals surface area contributed by atoms with Crippen molar-refractivity contribution in [3.8, 4) is 0 Å². The number of carbonyl (C=O) groups excluding carboxylic acids is 1.